The highest BCUT2D eigenvalue weighted by atomic mass is 16.5. The van der Waals surface area contributed by atoms with Crippen LogP contribution in [0.5, 0.6) is 5.75 Å². The molecule has 31 heavy (non-hydrogen) atoms. The maximum absolute atomic E-state index is 13.7. The summed E-state index contributed by atoms with van der Waals surface area (Å²) in [5.41, 5.74) is 1.12. The first-order valence-electron chi connectivity index (χ1n) is 12.0. The number of para-hydroxylation sites is 1. The Balaban J connectivity index is 1.59. The zero-order chi connectivity index (χ0) is 22.0. The molecule has 1 amide bonds. The van der Waals surface area contributed by atoms with Crippen molar-refractivity contribution in [2.24, 2.45) is 11.8 Å². The van der Waals surface area contributed by atoms with Crippen LogP contribution in [0.2, 0.25) is 0 Å². The first-order valence-corrected chi connectivity index (χ1v) is 12.0. The number of phenolic OH excluding ortho intramolecular Hbond substituents is 1. The van der Waals surface area contributed by atoms with Crippen LogP contribution in [0.15, 0.2) is 18.2 Å². The number of aromatic hydroxyl groups is 1. The predicted octanol–water partition coefficient (Wildman–Crippen LogP) is 3.75. The van der Waals surface area contributed by atoms with Gasteiger partial charge in [-0.05, 0) is 88.9 Å². The van der Waals surface area contributed by atoms with Gasteiger partial charge in [-0.3, -0.25) is 14.5 Å². The third-order valence-corrected chi connectivity index (χ3v) is 7.59. The van der Waals surface area contributed by atoms with E-state index in [9.17, 15) is 14.7 Å². The number of phenols is 1. The summed E-state index contributed by atoms with van der Waals surface area (Å²) in [7, 11) is 0. The van der Waals surface area contributed by atoms with Crippen LogP contribution in [-0.2, 0) is 9.53 Å². The van der Waals surface area contributed by atoms with E-state index in [0.29, 0.717) is 36.5 Å². The Morgan fingerprint density at radius 1 is 1.19 bits per heavy atom. The summed E-state index contributed by atoms with van der Waals surface area (Å²) in [6.07, 6.45) is 6.58. The van der Waals surface area contributed by atoms with Crippen LogP contribution in [0, 0.1) is 18.8 Å². The summed E-state index contributed by atoms with van der Waals surface area (Å²) in [6, 6.07) is 6.05. The number of benzene rings is 1. The zero-order valence-electron chi connectivity index (χ0n) is 18.9. The zero-order valence-corrected chi connectivity index (χ0v) is 18.9. The van der Waals surface area contributed by atoms with Gasteiger partial charge in [-0.2, -0.15) is 0 Å². The van der Waals surface area contributed by atoms with Gasteiger partial charge in [0.25, 0.3) is 5.91 Å². The minimum absolute atomic E-state index is 0.0662. The van der Waals surface area contributed by atoms with Crippen LogP contribution in [0.4, 0.5) is 0 Å². The largest absolute Gasteiger partial charge is 0.507 e. The number of aryl methyl sites for hydroxylation is 1. The Bertz CT molecular complexity index is 809. The first kappa shape index (κ1) is 22.1. The molecule has 0 spiro atoms. The number of amides is 1. The van der Waals surface area contributed by atoms with Crippen LogP contribution in [0.1, 0.15) is 67.8 Å². The monoisotopic (exact) mass is 428 g/mol. The van der Waals surface area contributed by atoms with Crippen LogP contribution >= 0.6 is 0 Å². The Hall–Kier alpha value is -2.08. The van der Waals surface area contributed by atoms with E-state index in [1.54, 1.807) is 6.07 Å². The van der Waals surface area contributed by atoms with Gasteiger partial charge in [0.15, 0.2) is 0 Å². The topological polar surface area (TPSA) is 70.1 Å². The second kappa shape index (κ2) is 9.60. The van der Waals surface area contributed by atoms with Gasteiger partial charge in [-0.1, -0.05) is 12.1 Å². The third kappa shape index (κ3) is 4.45. The second-order valence-corrected chi connectivity index (χ2v) is 9.43. The average Bonchev–Trinajstić information content (AvgIpc) is 2.77. The lowest BCUT2D eigenvalue weighted by Crippen LogP contribution is -2.65. The summed E-state index contributed by atoms with van der Waals surface area (Å²) >= 11 is 0. The molecule has 3 fully saturated rings. The number of carbonyl (C=O) groups is 2. The summed E-state index contributed by atoms with van der Waals surface area (Å²) in [5.74, 6) is 0.799. The van der Waals surface area contributed by atoms with E-state index in [2.05, 4.69) is 4.90 Å². The standard InChI is InChI=1S/C25H36N2O4/c1-3-31-22(28)13-5-12-21-19-11-7-15-26-14-6-9-18(23(19)26)16-27(21)25(30)20-10-4-8-17(2)24(20)29/h4,8,10,18-19,21,23,29H,3,5-7,9,11-16H2,1-2H3. The Labute approximate surface area is 185 Å². The van der Waals surface area contributed by atoms with Crippen molar-refractivity contribution < 1.29 is 19.4 Å². The number of hydrogen-bond acceptors (Lipinski definition) is 5. The number of likely N-dealkylation sites (tertiary alicyclic amines) is 1. The molecule has 170 valence electrons. The number of carbonyl (C=O) groups excluding carboxylic acids is 2. The minimum atomic E-state index is -0.159. The highest BCUT2D eigenvalue weighted by Crippen LogP contribution is 2.44. The predicted molar refractivity (Wildman–Crippen MR) is 119 cm³/mol. The first-order chi connectivity index (χ1) is 15.0. The molecule has 3 saturated heterocycles. The SMILES string of the molecule is CCOC(=O)CCCC1C2CCCN3CCCC(CN1C(=O)c1cccc(C)c1O)C23. The fourth-order valence-electron chi connectivity index (χ4n) is 6.27. The third-order valence-electron chi connectivity index (χ3n) is 7.59. The normalized spacial score (nSPS) is 28.1. The molecule has 4 rings (SSSR count). The molecule has 0 aromatic heterocycles. The van der Waals surface area contributed by atoms with Gasteiger partial charge < -0.3 is 14.7 Å². The van der Waals surface area contributed by atoms with E-state index in [1.165, 1.54) is 25.9 Å². The molecule has 4 atom stereocenters. The lowest BCUT2D eigenvalue weighted by atomic mass is 9.69. The fraction of sp³-hybridized carbons (Fsp3) is 0.680. The second-order valence-electron chi connectivity index (χ2n) is 9.43. The lowest BCUT2D eigenvalue weighted by molar-refractivity contribution is -0.143. The number of rotatable bonds is 6. The Morgan fingerprint density at radius 3 is 2.74 bits per heavy atom. The van der Waals surface area contributed by atoms with Crippen LogP contribution in [0.3, 0.4) is 0 Å². The van der Waals surface area contributed by atoms with Crippen LogP contribution < -0.4 is 0 Å². The van der Waals surface area contributed by atoms with Crippen molar-refractivity contribution in [3.63, 3.8) is 0 Å². The van der Waals surface area contributed by atoms with Crippen LogP contribution in [-0.4, -0.2) is 65.1 Å². The number of hydrogen-bond donors (Lipinski definition) is 1. The molecule has 0 bridgehead atoms. The van der Waals surface area contributed by atoms with Gasteiger partial charge in [0.1, 0.15) is 5.75 Å². The molecule has 0 saturated carbocycles. The molecule has 4 unspecified atom stereocenters. The van der Waals surface area contributed by atoms with Gasteiger partial charge in [0.2, 0.25) is 0 Å². The van der Waals surface area contributed by atoms with Gasteiger partial charge in [0.05, 0.1) is 12.2 Å². The maximum Gasteiger partial charge on any atom is 0.305 e. The molecular formula is C25H36N2O4. The van der Waals surface area contributed by atoms with Crippen molar-refractivity contribution in [1.82, 2.24) is 9.80 Å². The van der Waals surface area contributed by atoms with Crippen molar-refractivity contribution in [2.75, 3.05) is 26.2 Å². The summed E-state index contributed by atoms with van der Waals surface area (Å²) in [6.45, 7) is 7.14. The molecule has 6 nitrogen and oxygen atoms in total. The number of esters is 1. The summed E-state index contributed by atoms with van der Waals surface area (Å²) in [5, 5.41) is 10.6. The van der Waals surface area contributed by atoms with Crippen molar-refractivity contribution in [3.8, 4) is 5.75 Å². The van der Waals surface area contributed by atoms with Crippen molar-refractivity contribution in [3.05, 3.63) is 29.3 Å². The molecule has 0 aliphatic carbocycles. The Morgan fingerprint density at radius 2 is 1.97 bits per heavy atom. The van der Waals surface area contributed by atoms with E-state index in [4.69, 9.17) is 4.74 Å². The molecule has 3 aliphatic rings. The average molecular weight is 429 g/mol. The van der Waals surface area contributed by atoms with E-state index >= 15 is 0 Å². The van der Waals surface area contributed by atoms with Crippen molar-refractivity contribution in [1.29, 1.82) is 0 Å². The minimum Gasteiger partial charge on any atom is -0.507 e. The molecule has 1 aromatic carbocycles. The molecule has 0 radical (unpaired) electrons. The van der Waals surface area contributed by atoms with E-state index in [0.717, 1.165) is 37.8 Å². The lowest BCUT2D eigenvalue weighted by Gasteiger charge is -2.57. The molecular weight excluding hydrogens is 392 g/mol. The van der Waals surface area contributed by atoms with Gasteiger partial charge >= 0.3 is 5.97 Å². The van der Waals surface area contributed by atoms with Gasteiger partial charge in [-0.15, -0.1) is 0 Å². The number of ether oxygens (including phenoxy) is 1. The molecule has 1 aromatic rings. The van der Waals surface area contributed by atoms with Crippen LogP contribution in [0.25, 0.3) is 0 Å². The molecule has 3 aliphatic heterocycles. The van der Waals surface area contributed by atoms with Crippen molar-refractivity contribution >= 4 is 11.9 Å². The quantitative estimate of drug-likeness (QED) is 0.699. The van der Waals surface area contributed by atoms with E-state index in [1.807, 2.05) is 30.9 Å². The van der Waals surface area contributed by atoms with Crippen molar-refractivity contribution in [2.45, 2.75) is 70.9 Å². The molecule has 6 heteroatoms. The summed E-state index contributed by atoms with van der Waals surface area (Å²) in [4.78, 5) is 30.3. The highest BCUT2D eigenvalue weighted by molar-refractivity contribution is 5.97. The molecule has 3 heterocycles. The molecule has 1 N–H and O–H groups in total. The van der Waals surface area contributed by atoms with Gasteiger partial charge in [0, 0.05) is 25.0 Å². The summed E-state index contributed by atoms with van der Waals surface area (Å²) < 4.78 is 5.11. The van der Waals surface area contributed by atoms with Gasteiger partial charge in [-0.25, -0.2) is 0 Å². The fourth-order valence-corrected chi connectivity index (χ4v) is 6.27. The van der Waals surface area contributed by atoms with E-state index < -0.39 is 0 Å². The number of nitrogens with zero attached hydrogens (tertiary/aromatic N) is 2. The Kier molecular flexibility index (Phi) is 6.85. The highest BCUT2D eigenvalue weighted by Gasteiger charge is 2.49. The number of piperidine rings is 3. The smallest absolute Gasteiger partial charge is 0.305 e. The maximum atomic E-state index is 13.7. The van der Waals surface area contributed by atoms with E-state index in [-0.39, 0.29) is 23.7 Å².